The maximum atomic E-state index is 13.2. The van der Waals surface area contributed by atoms with Gasteiger partial charge in [-0.2, -0.15) is 4.52 Å². The van der Waals surface area contributed by atoms with Gasteiger partial charge in [-0.25, -0.2) is 13.4 Å². The first kappa shape index (κ1) is 19.0. The van der Waals surface area contributed by atoms with Crippen molar-refractivity contribution in [2.45, 2.75) is 48.6 Å². The predicted molar refractivity (Wildman–Crippen MR) is 115 cm³/mol. The molecule has 0 amide bonds. The summed E-state index contributed by atoms with van der Waals surface area (Å²) in [5, 5.41) is 12.5. The minimum absolute atomic E-state index is 0.125. The summed E-state index contributed by atoms with van der Waals surface area (Å²) in [7, 11) is -3.83. The fourth-order valence-corrected chi connectivity index (χ4v) is 5.39. The molecule has 1 aliphatic rings. The Labute approximate surface area is 175 Å². The number of fused-ring (bicyclic) bond motifs is 3. The molecule has 4 aromatic rings. The molecule has 1 aliphatic carbocycles. The number of anilines is 1. The second kappa shape index (κ2) is 7.36. The molecule has 2 aromatic carbocycles. The van der Waals surface area contributed by atoms with E-state index in [-0.39, 0.29) is 15.6 Å². The van der Waals surface area contributed by atoms with Gasteiger partial charge in [-0.3, -0.25) is 0 Å². The van der Waals surface area contributed by atoms with Crippen molar-refractivity contribution in [3.63, 3.8) is 0 Å². The maximum Gasteiger partial charge on any atom is 0.229 e. The Hall–Kier alpha value is -3.00. The number of aromatic nitrogens is 4. The Morgan fingerprint density at radius 2 is 1.67 bits per heavy atom. The molecular formula is C22H23N5O2S. The van der Waals surface area contributed by atoms with Gasteiger partial charge in [0.25, 0.3) is 0 Å². The number of nitrogens with one attached hydrogen (secondary N) is 1. The third-order valence-electron chi connectivity index (χ3n) is 5.89. The van der Waals surface area contributed by atoms with Crippen LogP contribution in [0.25, 0.3) is 16.6 Å². The average Bonchev–Trinajstić information content (AvgIpc) is 3.21. The second-order valence-electron chi connectivity index (χ2n) is 8.03. The van der Waals surface area contributed by atoms with Crippen molar-refractivity contribution in [1.82, 2.24) is 19.8 Å². The molecule has 1 N–H and O–H groups in total. The van der Waals surface area contributed by atoms with Crippen LogP contribution in [0.1, 0.15) is 32.6 Å². The summed E-state index contributed by atoms with van der Waals surface area (Å²) in [4.78, 5) is 4.89. The molecule has 1 saturated carbocycles. The zero-order valence-corrected chi connectivity index (χ0v) is 17.5. The van der Waals surface area contributed by atoms with Crippen LogP contribution in [0, 0.1) is 5.92 Å². The first-order chi connectivity index (χ1) is 14.5. The smallest absolute Gasteiger partial charge is 0.229 e. The van der Waals surface area contributed by atoms with Crippen molar-refractivity contribution in [3.8, 4) is 0 Å². The Morgan fingerprint density at radius 3 is 2.43 bits per heavy atom. The predicted octanol–water partition coefficient (Wildman–Crippen LogP) is 4.10. The highest BCUT2D eigenvalue weighted by Gasteiger charge is 2.27. The van der Waals surface area contributed by atoms with Gasteiger partial charge in [0.05, 0.1) is 10.4 Å². The molecule has 30 heavy (non-hydrogen) atoms. The topological polar surface area (TPSA) is 89.2 Å². The van der Waals surface area contributed by atoms with Crippen LogP contribution in [0.4, 0.5) is 5.82 Å². The Kier molecular flexibility index (Phi) is 4.66. The molecule has 2 aromatic heterocycles. The quantitative estimate of drug-likeness (QED) is 0.534. The number of hydrogen-bond acceptors (Lipinski definition) is 6. The summed E-state index contributed by atoms with van der Waals surface area (Å²) in [5.74, 6) is 1.43. The fraction of sp³-hybridized carbons (Fsp3) is 0.318. The van der Waals surface area contributed by atoms with E-state index in [0.29, 0.717) is 11.9 Å². The summed E-state index contributed by atoms with van der Waals surface area (Å²) in [6.07, 6.45) is 4.52. The van der Waals surface area contributed by atoms with Gasteiger partial charge in [0, 0.05) is 11.4 Å². The van der Waals surface area contributed by atoms with E-state index < -0.39 is 9.84 Å². The molecule has 0 atom stereocenters. The molecular weight excluding hydrogens is 398 g/mol. The first-order valence-electron chi connectivity index (χ1n) is 10.2. The van der Waals surface area contributed by atoms with Crippen LogP contribution in [0.3, 0.4) is 0 Å². The molecule has 0 unspecified atom stereocenters. The van der Waals surface area contributed by atoms with E-state index in [0.717, 1.165) is 29.7 Å². The summed E-state index contributed by atoms with van der Waals surface area (Å²) >= 11 is 0. The third-order valence-corrected chi connectivity index (χ3v) is 7.55. The third kappa shape index (κ3) is 3.21. The van der Waals surface area contributed by atoms with Crippen LogP contribution < -0.4 is 5.32 Å². The van der Waals surface area contributed by atoms with Crippen LogP contribution in [0.15, 0.2) is 64.5 Å². The van der Waals surface area contributed by atoms with Gasteiger partial charge in [0.2, 0.25) is 14.9 Å². The minimum Gasteiger partial charge on any atom is -0.367 e. The standard InChI is InChI=1S/C22H23N5O2S/c1-15-11-13-16(14-12-15)23-20-18-9-5-6-10-19(18)27-21(24-20)22(25-26-27)30(28,29)17-7-3-2-4-8-17/h2-10,15-16H,11-14H2,1H3,(H,23,24). The highest BCUT2D eigenvalue weighted by atomic mass is 32.2. The van der Waals surface area contributed by atoms with Gasteiger partial charge in [-0.15, -0.1) is 5.10 Å². The molecule has 1 fully saturated rings. The number of nitrogens with zero attached hydrogens (tertiary/aromatic N) is 4. The van der Waals surface area contributed by atoms with Crippen molar-refractivity contribution in [3.05, 3.63) is 54.6 Å². The largest absolute Gasteiger partial charge is 0.367 e. The Bertz CT molecular complexity index is 1310. The monoisotopic (exact) mass is 421 g/mol. The lowest BCUT2D eigenvalue weighted by molar-refractivity contribution is 0.361. The molecule has 5 rings (SSSR count). The average molecular weight is 422 g/mol. The van der Waals surface area contributed by atoms with Crippen LogP contribution in [0.5, 0.6) is 0 Å². The van der Waals surface area contributed by atoms with Crippen LogP contribution in [-0.2, 0) is 9.84 Å². The van der Waals surface area contributed by atoms with E-state index in [1.54, 1.807) is 30.3 Å². The number of rotatable bonds is 4. The summed E-state index contributed by atoms with van der Waals surface area (Å²) in [6.45, 7) is 2.29. The van der Waals surface area contributed by atoms with E-state index in [1.165, 1.54) is 17.4 Å². The normalized spacial score (nSPS) is 19.9. The van der Waals surface area contributed by atoms with Gasteiger partial charge in [-0.05, 0) is 55.9 Å². The molecule has 7 nitrogen and oxygen atoms in total. The van der Waals surface area contributed by atoms with Gasteiger partial charge in [0.1, 0.15) is 5.82 Å². The van der Waals surface area contributed by atoms with Crippen LogP contribution in [0.2, 0.25) is 0 Å². The van der Waals surface area contributed by atoms with Gasteiger partial charge in [0.15, 0.2) is 5.65 Å². The lowest BCUT2D eigenvalue weighted by Gasteiger charge is -2.27. The lowest BCUT2D eigenvalue weighted by Crippen LogP contribution is -2.26. The van der Waals surface area contributed by atoms with E-state index in [1.807, 2.05) is 24.3 Å². The first-order valence-corrected chi connectivity index (χ1v) is 11.7. The lowest BCUT2D eigenvalue weighted by atomic mass is 9.87. The van der Waals surface area contributed by atoms with Crippen LogP contribution >= 0.6 is 0 Å². The van der Waals surface area contributed by atoms with Gasteiger partial charge >= 0.3 is 0 Å². The second-order valence-corrected chi connectivity index (χ2v) is 9.89. The van der Waals surface area contributed by atoms with Gasteiger partial charge < -0.3 is 5.32 Å². The summed E-state index contributed by atoms with van der Waals surface area (Å²) in [6, 6.07) is 16.3. The molecule has 0 aliphatic heterocycles. The number of para-hydroxylation sites is 1. The molecule has 2 heterocycles. The highest BCUT2D eigenvalue weighted by Crippen LogP contribution is 2.31. The van der Waals surface area contributed by atoms with E-state index >= 15 is 0 Å². The van der Waals surface area contributed by atoms with E-state index in [2.05, 4.69) is 22.6 Å². The molecule has 0 saturated heterocycles. The molecule has 8 heteroatoms. The van der Waals surface area contributed by atoms with E-state index in [4.69, 9.17) is 4.98 Å². The molecule has 154 valence electrons. The molecule has 0 spiro atoms. The van der Waals surface area contributed by atoms with Crippen molar-refractivity contribution in [2.24, 2.45) is 5.92 Å². The SMILES string of the molecule is CC1CCC(Nc2nc3c(S(=O)(=O)c4ccccc4)nnn3c3ccccc23)CC1. The number of benzene rings is 2. The maximum absolute atomic E-state index is 13.2. The Morgan fingerprint density at radius 1 is 0.967 bits per heavy atom. The molecule has 0 bridgehead atoms. The fourth-order valence-electron chi connectivity index (χ4n) is 4.14. The molecule has 0 radical (unpaired) electrons. The summed E-state index contributed by atoms with van der Waals surface area (Å²) < 4.78 is 27.9. The number of hydrogen-bond donors (Lipinski definition) is 1. The van der Waals surface area contributed by atoms with Crippen molar-refractivity contribution >= 4 is 32.2 Å². The van der Waals surface area contributed by atoms with Crippen molar-refractivity contribution in [1.29, 1.82) is 0 Å². The highest BCUT2D eigenvalue weighted by molar-refractivity contribution is 7.91. The van der Waals surface area contributed by atoms with Crippen molar-refractivity contribution < 1.29 is 8.42 Å². The van der Waals surface area contributed by atoms with Crippen molar-refractivity contribution in [2.75, 3.05) is 5.32 Å². The zero-order chi connectivity index (χ0) is 20.7. The summed E-state index contributed by atoms with van der Waals surface area (Å²) in [5.41, 5.74) is 1.01. The van der Waals surface area contributed by atoms with Gasteiger partial charge in [-0.1, -0.05) is 42.5 Å². The minimum atomic E-state index is -3.83. The van der Waals surface area contributed by atoms with Crippen LogP contribution in [-0.4, -0.2) is 34.3 Å². The number of sulfone groups is 1. The van der Waals surface area contributed by atoms with E-state index in [9.17, 15) is 8.42 Å². The Balaban J connectivity index is 1.66. The zero-order valence-electron chi connectivity index (χ0n) is 16.7.